The summed E-state index contributed by atoms with van der Waals surface area (Å²) in [4.78, 5) is 24.7. The van der Waals surface area contributed by atoms with Gasteiger partial charge in [0, 0.05) is 12.6 Å². The van der Waals surface area contributed by atoms with E-state index in [2.05, 4.69) is 26.1 Å². The Morgan fingerprint density at radius 3 is 2.53 bits per heavy atom. The predicted molar refractivity (Wildman–Crippen MR) is 112 cm³/mol. The summed E-state index contributed by atoms with van der Waals surface area (Å²) in [6.45, 7) is 7.95. The first-order chi connectivity index (χ1) is 14.3. The second-order valence-corrected chi connectivity index (χ2v) is 9.78. The molecule has 4 unspecified atom stereocenters. The number of ether oxygens (including phenoxy) is 3. The number of carbonyl (C=O) groups excluding carboxylic acids is 2. The van der Waals surface area contributed by atoms with Gasteiger partial charge < -0.3 is 19.5 Å². The highest BCUT2D eigenvalue weighted by Crippen LogP contribution is 2.65. The van der Waals surface area contributed by atoms with E-state index in [-0.39, 0.29) is 35.5 Å². The van der Waals surface area contributed by atoms with Gasteiger partial charge in [-0.2, -0.15) is 0 Å². The maximum absolute atomic E-state index is 12.4. The number of hydrogen-bond donors (Lipinski definition) is 1. The van der Waals surface area contributed by atoms with Gasteiger partial charge >= 0.3 is 5.97 Å². The van der Waals surface area contributed by atoms with Crippen molar-refractivity contribution in [3.63, 3.8) is 0 Å². The lowest BCUT2D eigenvalue weighted by molar-refractivity contribution is -0.126. The molecule has 6 nitrogen and oxygen atoms in total. The molecule has 4 atom stereocenters. The molecule has 2 bridgehead atoms. The first-order valence-corrected chi connectivity index (χ1v) is 11.1. The summed E-state index contributed by atoms with van der Waals surface area (Å²) in [5.41, 5.74) is 0.742. The number of rotatable bonds is 7. The van der Waals surface area contributed by atoms with Crippen molar-refractivity contribution in [3.8, 4) is 5.75 Å². The van der Waals surface area contributed by atoms with Gasteiger partial charge in [0.05, 0.1) is 11.7 Å². The molecule has 6 heteroatoms. The zero-order valence-electron chi connectivity index (χ0n) is 18.2. The number of amides is 1. The van der Waals surface area contributed by atoms with Gasteiger partial charge in [-0.1, -0.05) is 20.8 Å². The van der Waals surface area contributed by atoms with Crippen LogP contribution in [0.2, 0.25) is 0 Å². The topological polar surface area (TPSA) is 73.9 Å². The molecule has 2 saturated carbocycles. The van der Waals surface area contributed by atoms with Crippen LogP contribution in [-0.4, -0.2) is 43.8 Å². The molecule has 1 aliphatic heterocycles. The van der Waals surface area contributed by atoms with Gasteiger partial charge in [0.2, 0.25) is 0 Å². The standard InChI is InChI=1S/C24H33NO5/c1-23(2)17-10-11-24(23,3)20(13-17)25-21(26)15-30-22(27)16-6-8-18(9-7-16)29-14-19-5-4-12-28-19/h6-9,17,19-20H,4-5,10-15H2,1-3H3,(H,25,26). The minimum Gasteiger partial charge on any atom is -0.491 e. The largest absolute Gasteiger partial charge is 0.491 e. The third kappa shape index (κ3) is 3.94. The highest BCUT2D eigenvalue weighted by molar-refractivity contribution is 5.91. The third-order valence-corrected chi connectivity index (χ3v) is 8.01. The molecule has 0 spiro atoms. The molecule has 1 aromatic carbocycles. The first-order valence-electron chi connectivity index (χ1n) is 11.1. The predicted octanol–water partition coefficient (Wildman–Crippen LogP) is 3.73. The van der Waals surface area contributed by atoms with Crippen LogP contribution in [0.4, 0.5) is 0 Å². The molecule has 1 amide bonds. The second-order valence-electron chi connectivity index (χ2n) is 9.78. The van der Waals surface area contributed by atoms with Crippen LogP contribution in [0.3, 0.4) is 0 Å². The van der Waals surface area contributed by atoms with Crippen LogP contribution in [-0.2, 0) is 14.3 Å². The fraction of sp³-hybridized carbons (Fsp3) is 0.667. The fourth-order valence-electron chi connectivity index (χ4n) is 5.52. The summed E-state index contributed by atoms with van der Waals surface area (Å²) in [6.07, 6.45) is 5.62. The van der Waals surface area contributed by atoms with Gasteiger partial charge in [0.1, 0.15) is 12.4 Å². The van der Waals surface area contributed by atoms with Crippen LogP contribution in [0.25, 0.3) is 0 Å². The number of carbonyl (C=O) groups is 2. The van der Waals surface area contributed by atoms with E-state index in [0.29, 0.717) is 23.8 Å². The lowest BCUT2D eigenvalue weighted by Gasteiger charge is -2.39. The zero-order valence-corrected chi connectivity index (χ0v) is 18.2. The van der Waals surface area contributed by atoms with E-state index in [0.717, 1.165) is 32.3 Å². The summed E-state index contributed by atoms with van der Waals surface area (Å²) in [6, 6.07) is 6.95. The Labute approximate surface area is 178 Å². The van der Waals surface area contributed by atoms with E-state index >= 15 is 0 Å². The highest BCUT2D eigenvalue weighted by Gasteiger charge is 2.61. The molecule has 1 heterocycles. The highest BCUT2D eigenvalue weighted by atomic mass is 16.5. The number of esters is 1. The van der Waals surface area contributed by atoms with Crippen molar-refractivity contribution in [3.05, 3.63) is 29.8 Å². The van der Waals surface area contributed by atoms with Gasteiger partial charge in [0.25, 0.3) is 5.91 Å². The van der Waals surface area contributed by atoms with E-state index in [1.807, 2.05) is 0 Å². The normalized spacial score (nSPS) is 31.5. The van der Waals surface area contributed by atoms with Gasteiger partial charge in [0.15, 0.2) is 6.61 Å². The van der Waals surface area contributed by atoms with Crippen molar-refractivity contribution in [1.82, 2.24) is 5.32 Å². The Morgan fingerprint density at radius 1 is 1.17 bits per heavy atom. The average molecular weight is 416 g/mol. The minimum atomic E-state index is -0.504. The van der Waals surface area contributed by atoms with Crippen LogP contribution < -0.4 is 10.1 Å². The first kappa shape index (κ1) is 21.2. The monoisotopic (exact) mass is 415 g/mol. The van der Waals surface area contributed by atoms with Crippen molar-refractivity contribution in [2.45, 2.75) is 65.0 Å². The molecule has 3 aliphatic rings. The van der Waals surface area contributed by atoms with Gasteiger partial charge in [-0.05, 0) is 73.1 Å². The molecule has 0 radical (unpaired) electrons. The number of hydrogen-bond acceptors (Lipinski definition) is 5. The molecule has 1 saturated heterocycles. The molecule has 164 valence electrons. The molecular formula is C24H33NO5. The molecule has 2 aliphatic carbocycles. The molecule has 1 N–H and O–H groups in total. The Hall–Kier alpha value is -2.08. The van der Waals surface area contributed by atoms with Crippen molar-refractivity contribution in [1.29, 1.82) is 0 Å². The SMILES string of the molecule is CC1(C)C2CCC1(C)C(NC(=O)COC(=O)c1ccc(OCC3CCCO3)cc1)C2. The molecular weight excluding hydrogens is 382 g/mol. The van der Waals surface area contributed by atoms with E-state index in [4.69, 9.17) is 14.2 Å². The van der Waals surface area contributed by atoms with Crippen molar-refractivity contribution < 1.29 is 23.8 Å². The summed E-state index contributed by atoms with van der Waals surface area (Å²) in [5.74, 6) is 0.605. The van der Waals surface area contributed by atoms with Crippen LogP contribution in [0.1, 0.15) is 63.2 Å². The van der Waals surface area contributed by atoms with Crippen LogP contribution in [0, 0.1) is 16.7 Å². The molecule has 1 aromatic rings. The summed E-state index contributed by atoms with van der Waals surface area (Å²) < 4.78 is 16.5. The molecule has 30 heavy (non-hydrogen) atoms. The van der Waals surface area contributed by atoms with Crippen LogP contribution >= 0.6 is 0 Å². The summed E-state index contributed by atoms with van der Waals surface area (Å²) in [5, 5.41) is 3.12. The van der Waals surface area contributed by atoms with Gasteiger partial charge in [-0.25, -0.2) is 4.79 Å². The molecule has 3 fully saturated rings. The maximum Gasteiger partial charge on any atom is 0.338 e. The van der Waals surface area contributed by atoms with Crippen molar-refractivity contribution in [2.24, 2.45) is 16.7 Å². The lowest BCUT2D eigenvalue weighted by atomic mass is 9.69. The Kier molecular flexibility index (Phi) is 5.80. The Morgan fingerprint density at radius 2 is 1.93 bits per heavy atom. The average Bonchev–Trinajstić information content (AvgIpc) is 3.37. The minimum absolute atomic E-state index is 0.108. The molecule has 4 rings (SSSR count). The zero-order chi connectivity index (χ0) is 21.4. The maximum atomic E-state index is 12.4. The number of nitrogens with one attached hydrogen (secondary N) is 1. The third-order valence-electron chi connectivity index (χ3n) is 8.01. The fourth-order valence-corrected chi connectivity index (χ4v) is 5.52. The Balaban J connectivity index is 1.23. The number of fused-ring (bicyclic) bond motifs is 2. The lowest BCUT2D eigenvalue weighted by Crippen LogP contribution is -2.48. The molecule has 0 aromatic heterocycles. The van der Waals surface area contributed by atoms with E-state index in [1.54, 1.807) is 24.3 Å². The summed E-state index contributed by atoms with van der Waals surface area (Å²) in [7, 11) is 0. The number of benzene rings is 1. The van der Waals surface area contributed by atoms with Crippen molar-refractivity contribution >= 4 is 11.9 Å². The van der Waals surface area contributed by atoms with Gasteiger partial charge in [-0.15, -0.1) is 0 Å². The second kappa shape index (κ2) is 8.22. The van der Waals surface area contributed by atoms with E-state index < -0.39 is 5.97 Å². The Bertz CT molecular complexity index is 783. The van der Waals surface area contributed by atoms with Crippen molar-refractivity contribution in [2.75, 3.05) is 19.8 Å². The summed E-state index contributed by atoms with van der Waals surface area (Å²) >= 11 is 0. The van der Waals surface area contributed by atoms with Crippen LogP contribution in [0.5, 0.6) is 5.75 Å². The van der Waals surface area contributed by atoms with E-state index in [1.165, 1.54) is 6.42 Å². The van der Waals surface area contributed by atoms with Gasteiger partial charge in [-0.3, -0.25) is 4.79 Å². The van der Waals surface area contributed by atoms with Crippen LogP contribution in [0.15, 0.2) is 24.3 Å². The van der Waals surface area contributed by atoms with E-state index in [9.17, 15) is 9.59 Å². The smallest absolute Gasteiger partial charge is 0.338 e. The quantitative estimate of drug-likeness (QED) is 0.687.